The van der Waals surface area contributed by atoms with Crippen molar-refractivity contribution in [2.24, 2.45) is 5.73 Å². The van der Waals surface area contributed by atoms with Crippen LogP contribution >= 0.6 is 11.6 Å². The van der Waals surface area contributed by atoms with Gasteiger partial charge in [0, 0.05) is 24.3 Å². The van der Waals surface area contributed by atoms with Gasteiger partial charge in [0.2, 0.25) is 0 Å². The number of nitrogens with one attached hydrogen (secondary N) is 1. The zero-order valence-corrected chi connectivity index (χ0v) is 12.1. The molecule has 1 aliphatic rings. The monoisotopic (exact) mass is 301 g/mol. The van der Waals surface area contributed by atoms with E-state index in [0.29, 0.717) is 17.0 Å². The lowest BCUT2D eigenvalue weighted by Gasteiger charge is -2.26. The molecule has 0 spiro atoms. The maximum absolute atomic E-state index is 11.5. The second-order valence-electron chi connectivity index (χ2n) is 4.75. The molecule has 1 heterocycles. The second-order valence-corrected chi connectivity index (χ2v) is 7.38. The number of benzene rings is 1. The van der Waals surface area contributed by atoms with Gasteiger partial charge in [-0.05, 0) is 24.6 Å². The minimum absolute atomic E-state index is 0.0238. The van der Waals surface area contributed by atoms with Crippen molar-refractivity contribution in [3.05, 3.63) is 28.8 Å². The molecule has 1 saturated heterocycles. The first kappa shape index (κ1) is 14.1. The van der Waals surface area contributed by atoms with Crippen molar-refractivity contribution in [1.29, 1.82) is 5.41 Å². The molecule has 19 heavy (non-hydrogen) atoms. The number of anilines is 1. The topological polar surface area (TPSA) is 87.2 Å². The van der Waals surface area contributed by atoms with E-state index < -0.39 is 9.84 Å². The molecule has 2 rings (SSSR count). The van der Waals surface area contributed by atoms with Crippen LogP contribution in [0, 0.1) is 5.41 Å². The van der Waals surface area contributed by atoms with Crippen molar-refractivity contribution in [2.75, 3.05) is 23.5 Å². The molecule has 1 atom stereocenters. The average molecular weight is 302 g/mol. The number of hydrogen-bond acceptors (Lipinski definition) is 4. The summed E-state index contributed by atoms with van der Waals surface area (Å²) in [7, 11) is -1.06. The van der Waals surface area contributed by atoms with E-state index in [1.807, 2.05) is 11.9 Å². The van der Waals surface area contributed by atoms with Crippen LogP contribution in [-0.4, -0.2) is 38.8 Å². The van der Waals surface area contributed by atoms with Crippen LogP contribution in [0.25, 0.3) is 0 Å². The molecule has 3 N–H and O–H groups in total. The number of nitrogen functional groups attached to an aromatic ring is 1. The van der Waals surface area contributed by atoms with E-state index >= 15 is 0 Å². The summed E-state index contributed by atoms with van der Waals surface area (Å²) < 4.78 is 23.0. The lowest BCUT2D eigenvalue weighted by molar-refractivity contribution is 0.601. The largest absolute Gasteiger partial charge is 0.384 e. The number of nitrogens with zero attached hydrogens (tertiary/aromatic N) is 1. The molecule has 7 heteroatoms. The zero-order valence-electron chi connectivity index (χ0n) is 10.6. The van der Waals surface area contributed by atoms with Crippen molar-refractivity contribution in [1.82, 2.24) is 0 Å². The molecule has 5 nitrogen and oxygen atoms in total. The maximum Gasteiger partial charge on any atom is 0.152 e. The molecule has 0 aromatic heterocycles. The van der Waals surface area contributed by atoms with Gasteiger partial charge >= 0.3 is 0 Å². The molecule has 0 aliphatic carbocycles. The summed E-state index contributed by atoms with van der Waals surface area (Å²) in [6.45, 7) is 0. The molecule has 1 fully saturated rings. The summed E-state index contributed by atoms with van der Waals surface area (Å²) in [5.41, 5.74) is 6.72. The maximum atomic E-state index is 11.5. The summed E-state index contributed by atoms with van der Waals surface area (Å²) in [4.78, 5) is 1.92. The van der Waals surface area contributed by atoms with E-state index in [9.17, 15) is 8.42 Å². The van der Waals surface area contributed by atoms with Gasteiger partial charge in [-0.2, -0.15) is 0 Å². The van der Waals surface area contributed by atoms with Gasteiger partial charge < -0.3 is 10.6 Å². The van der Waals surface area contributed by atoms with Crippen LogP contribution in [0.1, 0.15) is 12.0 Å². The van der Waals surface area contributed by atoms with Gasteiger partial charge in [0.1, 0.15) is 5.84 Å². The minimum Gasteiger partial charge on any atom is -0.384 e. The Morgan fingerprint density at radius 3 is 2.68 bits per heavy atom. The van der Waals surface area contributed by atoms with Crippen LogP contribution in [-0.2, 0) is 9.84 Å². The average Bonchev–Trinajstić information content (AvgIpc) is 2.68. The quantitative estimate of drug-likeness (QED) is 0.650. The Balaban J connectivity index is 2.23. The van der Waals surface area contributed by atoms with Crippen LogP contribution in [0.4, 0.5) is 5.69 Å². The fourth-order valence-electron chi connectivity index (χ4n) is 2.23. The molecule has 0 bridgehead atoms. The molecule has 0 amide bonds. The van der Waals surface area contributed by atoms with Crippen LogP contribution in [0.15, 0.2) is 18.2 Å². The Morgan fingerprint density at radius 1 is 1.53 bits per heavy atom. The van der Waals surface area contributed by atoms with Crippen molar-refractivity contribution >= 4 is 33.0 Å². The van der Waals surface area contributed by atoms with Crippen LogP contribution < -0.4 is 10.6 Å². The third-order valence-electron chi connectivity index (χ3n) is 3.41. The van der Waals surface area contributed by atoms with E-state index in [4.69, 9.17) is 22.7 Å². The number of amidine groups is 1. The summed E-state index contributed by atoms with van der Waals surface area (Å²) >= 11 is 6.07. The second kappa shape index (κ2) is 5.02. The normalized spacial score (nSPS) is 21.3. The first-order chi connectivity index (χ1) is 8.80. The summed E-state index contributed by atoms with van der Waals surface area (Å²) in [6.07, 6.45) is 0.630. The predicted molar refractivity (Wildman–Crippen MR) is 77.9 cm³/mol. The van der Waals surface area contributed by atoms with Gasteiger partial charge in [0.05, 0.1) is 16.5 Å². The minimum atomic E-state index is -2.91. The molecule has 1 unspecified atom stereocenters. The van der Waals surface area contributed by atoms with E-state index in [0.717, 1.165) is 5.69 Å². The molecule has 1 aromatic rings. The highest BCUT2D eigenvalue weighted by Crippen LogP contribution is 2.27. The first-order valence-corrected chi connectivity index (χ1v) is 8.07. The molecule has 0 saturated carbocycles. The van der Waals surface area contributed by atoms with E-state index in [1.165, 1.54) is 0 Å². The third-order valence-corrected chi connectivity index (χ3v) is 5.47. The van der Waals surface area contributed by atoms with Crippen LogP contribution in [0.5, 0.6) is 0 Å². The summed E-state index contributed by atoms with van der Waals surface area (Å²) in [6, 6.07) is 5.17. The lowest BCUT2D eigenvalue weighted by Crippen LogP contribution is -2.32. The lowest BCUT2D eigenvalue weighted by atomic mass is 10.1. The Morgan fingerprint density at radius 2 is 2.21 bits per heavy atom. The molecule has 1 aromatic carbocycles. The molecule has 1 aliphatic heterocycles. The van der Waals surface area contributed by atoms with Crippen molar-refractivity contribution in [3.63, 3.8) is 0 Å². The SMILES string of the molecule is CN(c1ccc(C(=N)N)c(Cl)c1)C1CCS(=O)(=O)C1. The number of nitrogens with two attached hydrogens (primary N) is 1. The Labute approximate surface area is 117 Å². The first-order valence-electron chi connectivity index (χ1n) is 5.87. The Kier molecular flexibility index (Phi) is 3.73. The van der Waals surface area contributed by atoms with Gasteiger partial charge in [0.25, 0.3) is 0 Å². The van der Waals surface area contributed by atoms with Crippen LogP contribution in [0.3, 0.4) is 0 Å². The van der Waals surface area contributed by atoms with E-state index in [1.54, 1.807) is 18.2 Å². The molecular weight excluding hydrogens is 286 g/mol. The Bertz CT molecular complexity index is 615. The third kappa shape index (κ3) is 3.01. The molecule has 0 radical (unpaired) electrons. The van der Waals surface area contributed by atoms with Gasteiger partial charge in [-0.15, -0.1) is 0 Å². The molecule has 104 valence electrons. The van der Waals surface area contributed by atoms with E-state index in [2.05, 4.69) is 0 Å². The molecular formula is C12H16ClN3O2S. The zero-order chi connectivity index (χ0) is 14.2. The highest BCUT2D eigenvalue weighted by atomic mass is 35.5. The standard InChI is InChI=1S/C12H16ClN3O2S/c1-16(9-4-5-19(17,18)7-9)8-2-3-10(12(14)15)11(13)6-8/h2-3,6,9H,4-5,7H2,1H3,(H3,14,15). The predicted octanol–water partition coefficient (Wildman–Crippen LogP) is 1.25. The van der Waals surface area contributed by atoms with Gasteiger partial charge in [0.15, 0.2) is 9.84 Å². The van der Waals surface area contributed by atoms with Crippen molar-refractivity contribution in [2.45, 2.75) is 12.5 Å². The highest BCUT2D eigenvalue weighted by molar-refractivity contribution is 7.91. The van der Waals surface area contributed by atoms with Crippen molar-refractivity contribution in [3.8, 4) is 0 Å². The van der Waals surface area contributed by atoms with Gasteiger partial charge in [-0.1, -0.05) is 11.6 Å². The van der Waals surface area contributed by atoms with Gasteiger partial charge in [-0.3, -0.25) is 5.41 Å². The van der Waals surface area contributed by atoms with E-state index in [-0.39, 0.29) is 23.4 Å². The number of halogens is 1. The fourth-order valence-corrected chi connectivity index (χ4v) is 4.28. The number of sulfone groups is 1. The number of rotatable bonds is 3. The smallest absolute Gasteiger partial charge is 0.152 e. The Hall–Kier alpha value is -1.27. The highest BCUT2D eigenvalue weighted by Gasteiger charge is 2.30. The summed E-state index contributed by atoms with van der Waals surface area (Å²) in [5, 5.41) is 7.77. The van der Waals surface area contributed by atoms with Crippen molar-refractivity contribution < 1.29 is 8.42 Å². The van der Waals surface area contributed by atoms with Gasteiger partial charge in [-0.25, -0.2) is 8.42 Å². The van der Waals surface area contributed by atoms with Crippen LogP contribution in [0.2, 0.25) is 5.02 Å². The number of hydrogen-bond donors (Lipinski definition) is 2. The summed E-state index contributed by atoms with van der Waals surface area (Å²) in [5.74, 6) is 0.333. The fraction of sp³-hybridized carbons (Fsp3) is 0.417.